The molecule has 1 aliphatic heterocycles. The van der Waals surface area contributed by atoms with Crippen LogP contribution in [0, 0.1) is 11.3 Å². The zero-order valence-electron chi connectivity index (χ0n) is 26.3. The molecule has 0 aromatic carbocycles. The number of aliphatic hydroxyl groups is 1. The van der Waals surface area contributed by atoms with E-state index in [4.69, 9.17) is 25.3 Å². The smallest absolute Gasteiger partial charge is 0.186 e. The van der Waals surface area contributed by atoms with E-state index >= 15 is 0 Å². The highest BCUT2D eigenvalue weighted by molar-refractivity contribution is 7.16. The number of nitriles is 1. The van der Waals surface area contributed by atoms with Crippen molar-refractivity contribution in [2.75, 3.05) is 19.3 Å². The van der Waals surface area contributed by atoms with E-state index in [1.54, 1.807) is 23.1 Å². The minimum atomic E-state index is -0.169. The molecule has 5 aromatic rings. The van der Waals surface area contributed by atoms with E-state index in [9.17, 15) is 10.4 Å². The zero-order chi connectivity index (χ0) is 31.7. The predicted molar refractivity (Wildman–Crippen MR) is 173 cm³/mol. The van der Waals surface area contributed by atoms with Gasteiger partial charge < -0.3 is 20.3 Å². The maximum atomic E-state index is 10.0. The monoisotopic (exact) mass is 628 g/mol. The molecule has 2 aliphatic rings. The van der Waals surface area contributed by atoms with E-state index in [-0.39, 0.29) is 12.5 Å². The third-order valence-corrected chi connectivity index (χ3v) is 9.90. The number of aryl methyl sites for hydroxylation is 1. The van der Waals surface area contributed by atoms with Gasteiger partial charge >= 0.3 is 0 Å². The number of nitrogens with two attached hydrogens (primary N) is 1. The van der Waals surface area contributed by atoms with Crippen molar-refractivity contribution < 1.29 is 9.63 Å². The van der Waals surface area contributed by atoms with Gasteiger partial charge in [0.15, 0.2) is 23.0 Å². The van der Waals surface area contributed by atoms with Crippen molar-refractivity contribution in [3.63, 3.8) is 0 Å². The molecule has 0 spiro atoms. The number of anilines is 1. The van der Waals surface area contributed by atoms with Gasteiger partial charge in [0, 0.05) is 28.6 Å². The van der Waals surface area contributed by atoms with Crippen molar-refractivity contribution in [3.05, 3.63) is 51.5 Å². The number of rotatable bonds is 8. The first-order valence-electron chi connectivity index (χ1n) is 15.9. The molecule has 1 fully saturated rings. The SMILES string of the molecule is CC.CCCc1sc(N)c(C#N)c1C1CCCc2c(-c3nc(-n4ccc(CO)n4)c4cnn(CC5CCCN5C)c4n3)noc21. The van der Waals surface area contributed by atoms with Crippen molar-refractivity contribution in [2.45, 2.75) is 90.8 Å². The number of nitrogen functional groups attached to an aromatic ring is 1. The molecular weight excluding hydrogens is 588 g/mol. The summed E-state index contributed by atoms with van der Waals surface area (Å²) in [6, 6.07) is 4.50. The van der Waals surface area contributed by atoms with Crippen molar-refractivity contribution >= 4 is 27.4 Å². The Morgan fingerprint density at radius 2 is 2.07 bits per heavy atom. The van der Waals surface area contributed by atoms with Crippen LogP contribution in [-0.2, 0) is 26.0 Å². The number of nitrogens with zero attached hydrogens (tertiary/aromatic N) is 9. The van der Waals surface area contributed by atoms with Gasteiger partial charge in [-0.25, -0.2) is 19.3 Å². The lowest BCUT2D eigenvalue weighted by Crippen LogP contribution is -2.29. The number of likely N-dealkylation sites (tertiary alicyclic amines) is 1. The quantitative estimate of drug-likeness (QED) is 0.233. The molecule has 0 amide bonds. The average molecular weight is 629 g/mol. The Kier molecular flexibility index (Phi) is 8.98. The van der Waals surface area contributed by atoms with E-state index in [0.717, 1.165) is 72.2 Å². The van der Waals surface area contributed by atoms with Crippen molar-refractivity contribution in [1.82, 2.24) is 39.6 Å². The molecule has 1 saturated heterocycles. The molecule has 0 radical (unpaired) electrons. The van der Waals surface area contributed by atoms with Crippen molar-refractivity contribution in [1.29, 1.82) is 5.26 Å². The molecular formula is C32H40N10O2S. The number of fused-ring (bicyclic) bond motifs is 2. The average Bonchev–Trinajstić information content (AvgIpc) is 3.90. The van der Waals surface area contributed by atoms with E-state index < -0.39 is 0 Å². The van der Waals surface area contributed by atoms with Crippen LogP contribution in [0.1, 0.15) is 91.8 Å². The number of aliphatic hydroxyl groups excluding tert-OH is 1. The summed E-state index contributed by atoms with van der Waals surface area (Å²) in [6.07, 6.45) is 10.2. The Morgan fingerprint density at radius 1 is 1.22 bits per heavy atom. The zero-order valence-corrected chi connectivity index (χ0v) is 27.1. The maximum absolute atomic E-state index is 10.0. The van der Waals surface area contributed by atoms with Crippen LogP contribution in [0.25, 0.3) is 28.4 Å². The molecule has 12 nitrogen and oxygen atoms in total. The summed E-state index contributed by atoms with van der Waals surface area (Å²) in [5.74, 6) is 1.67. The fourth-order valence-electron chi connectivity index (χ4n) is 6.64. The molecule has 0 saturated carbocycles. The van der Waals surface area contributed by atoms with E-state index in [1.807, 2.05) is 18.5 Å². The first-order chi connectivity index (χ1) is 22.0. The number of thiophene rings is 1. The first kappa shape index (κ1) is 30.9. The number of aromatic nitrogens is 7. The Morgan fingerprint density at radius 3 is 2.78 bits per heavy atom. The van der Waals surface area contributed by atoms with Crippen LogP contribution in [-0.4, -0.2) is 64.3 Å². The van der Waals surface area contributed by atoms with Crippen molar-refractivity contribution in [2.24, 2.45) is 0 Å². The topological polar surface area (TPSA) is 161 Å². The highest BCUT2D eigenvalue weighted by Gasteiger charge is 2.35. The highest BCUT2D eigenvalue weighted by atomic mass is 32.1. The summed E-state index contributed by atoms with van der Waals surface area (Å²) in [5.41, 5.74) is 10.7. The lowest BCUT2D eigenvalue weighted by molar-refractivity contribution is 0.276. The fourth-order valence-corrected chi connectivity index (χ4v) is 7.82. The van der Waals surface area contributed by atoms with Gasteiger partial charge in [0.25, 0.3) is 0 Å². The molecule has 3 N–H and O–H groups in total. The Hall–Kier alpha value is -4.12. The van der Waals surface area contributed by atoms with Crippen LogP contribution in [0.3, 0.4) is 0 Å². The molecule has 0 bridgehead atoms. The number of hydrogen-bond acceptors (Lipinski definition) is 11. The maximum Gasteiger partial charge on any atom is 0.186 e. The van der Waals surface area contributed by atoms with Crippen molar-refractivity contribution in [3.8, 4) is 23.4 Å². The molecule has 13 heteroatoms. The van der Waals surface area contributed by atoms with Crippen LogP contribution in [0.5, 0.6) is 0 Å². The highest BCUT2D eigenvalue weighted by Crippen LogP contribution is 2.46. The molecule has 6 heterocycles. The minimum absolute atomic E-state index is 0.0976. The third-order valence-electron chi connectivity index (χ3n) is 8.81. The molecule has 1 aliphatic carbocycles. The van der Waals surface area contributed by atoms with Gasteiger partial charge in [0.05, 0.1) is 36.0 Å². The van der Waals surface area contributed by atoms with Crippen LogP contribution in [0.4, 0.5) is 5.00 Å². The lowest BCUT2D eigenvalue weighted by atomic mass is 9.81. The van der Waals surface area contributed by atoms with Gasteiger partial charge in [-0.1, -0.05) is 32.3 Å². The summed E-state index contributed by atoms with van der Waals surface area (Å²) >= 11 is 1.51. The van der Waals surface area contributed by atoms with E-state index in [2.05, 4.69) is 35.2 Å². The summed E-state index contributed by atoms with van der Waals surface area (Å²) < 4.78 is 9.71. The van der Waals surface area contributed by atoms with Gasteiger partial charge in [0.1, 0.15) is 16.8 Å². The van der Waals surface area contributed by atoms with Crippen LogP contribution >= 0.6 is 11.3 Å². The summed E-state index contributed by atoms with van der Waals surface area (Å²) in [5, 5.41) is 34.8. The summed E-state index contributed by atoms with van der Waals surface area (Å²) in [4.78, 5) is 13.5. The third kappa shape index (κ3) is 5.51. The van der Waals surface area contributed by atoms with Crippen LogP contribution in [0.2, 0.25) is 0 Å². The Labute approximate surface area is 266 Å². The number of likely N-dealkylation sites (N-methyl/N-ethyl adjacent to an activating group) is 1. The second-order valence-corrected chi connectivity index (χ2v) is 12.6. The Bertz CT molecular complexity index is 1840. The summed E-state index contributed by atoms with van der Waals surface area (Å²) in [7, 11) is 2.15. The standard InChI is InChI=1S/C30H34N10O2S.C2H6/c1-3-6-23-24(21(13-31)27(32)43-23)19-8-4-9-20-25(37-42-26(19)20)28-34-29(39-12-10-17(16-41)36-39)22-14-33-40(30(22)35-28)15-18-7-5-11-38(18)2;1-2/h10,12,14,18-19,41H,3-9,11,15-16,32H2,1-2H3;1-2H3. The van der Waals surface area contributed by atoms with Gasteiger partial charge in [-0.2, -0.15) is 15.5 Å². The molecule has 2 unspecified atom stereocenters. The first-order valence-corrected chi connectivity index (χ1v) is 16.7. The predicted octanol–water partition coefficient (Wildman–Crippen LogP) is 5.22. The largest absolute Gasteiger partial charge is 0.390 e. The second kappa shape index (κ2) is 13.1. The van der Waals surface area contributed by atoms with Gasteiger partial charge in [0.2, 0.25) is 0 Å². The molecule has 5 aromatic heterocycles. The number of hydrogen-bond donors (Lipinski definition) is 2. The van der Waals surface area contributed by atoms with E-state index in [1.165, 1.54) is 17.8 Å². The minimum Gasteiger partial charge on any atom is -0.390 e. The Balaban J connectivity index is 0.00000175. The summed E-state index contributed by atoms with van der Waals surface area (Å²) in [6.45, 7) is 7.75. The van der Waals surface area contributed by atoms with Gasteiger partial charge in [-0.05, 0) is 63.7 Å². The van der Waals surface area contributed by atoms with Gasteiger partial charge in [-0.3, -0.25) is 0 Å². The fraction of sp³-hybridized carbons (Fsp3) is 0.500. The molecule has 2 atom stereocenters. The van der Waals surface area contributed by atoms with E-state index in [0.29, 0.717) is 51.8 Å². The molecule has 45 heavy (non-hydrogen) atoms. The lowest BCUT2D eigenvalue weighted by Gasteiger charge is -2.22. The molecule has 236 valence electrons. The van der Waals surface area contributed by atoms with Crippen LogP contribution in [0.15, 0.2) is 23.0 Å². The molecule has 7 rings (SSSR count). The van der Waals surface area contributed by atoms with Gasteiger partial charge in [-0.15, -0.1) is 11.3 Å². The normalized spacial score (nSPS) is 18.1. The van der Waals surface area contributed by atoms with Crippen LogP contribution < -0.4 is 5.73 Å². The second-order valence-electron chi connectivity index (χ2n) is 11.5.